The third kappa shape index (κ3) is 5.03. The zero-order valence-corrected chi connectivity index (χ0v) is 11.4. The second-order valence-electron chi connectivity index (χ2n) is 4.73. The van der Waals surface area contributed by atoms with Crippen LogP contribution in [0.1, 0.15) is 12.0 Å². The van der Waals surface area contributed by atoms with E-state index in [2.05, 4.69) is 11.9 Å². The topological polar surface area (TPSA) is 93.0 Å². The predicted octanol–water partition coefficient (Wildman–Crippen LogP) is -0.204. The highest BCUT2D eigenvalue weighted by Crippen LogP contribution is 2.10. The second kappa shape index (κ2) is 8.84. The van der Waals surface area contributed by atoms with Gasteiger partial charge >= 0.3 is 0 Å². The van der Waals surface area contributed by atoms with Crippen molar-refractivity contribution in [1.82, 2.24) is 5.32 Å². The average Bonchev–Trinajstić information content (AvgIpc) is 2.50. The maximum Gasteiger partial charge on any atom is 0.109 e. The summed E-state index contributed by atoms with van der Waals surface area (Å²) in [7, 11) is 0. The van der Waals surface area contributed by atoms with Gasteiger partial charge in [-0.05, 0) is 12.0 Å². The molecule has 5 heteroatoms. The van der Waals surface area contributed by atoms with Gasteiger partial charge in [-0.25, -0.2) is 0 Å². The fourth-order valence-corrected chi connectivity index (χ4v) is 1.94. The van der Waals surface area contributed by atoms with Gasteiger partial charge in [0.2, 0.25) is 0 Å². The minimum absolute atomic E-state index is 0.434. The summed E-state index contributed by atoms with van der Waals surface area (Å²) in [5.74, 6) is 0. The monoisotopic (exact) mass is 281 g/mol. The molecular formula is C15H23NO4. The molecule has 0 saturated heterocycles. The molecule has 0 radical (unpaired) electrons. The van der Waals surface area contributed by atoms with Crippen molar-refractivity contribution in [1.29, 1.82) is 0 Å². The van der Waals surface area contributed by atoms with Gasteiger partial charge in [0.1, 0.15) is 12.2 Å². The zero-order chi connectivity index (χ0) is 15.0. The molecule has 0 saturated carbocycles. The van der Waals surface area contributed by atoms with Crippen LogP contribution in [0.2, 0.25) is 0 Å². The van der Waals surface area contributed by atoms with Crippen LogP contribution in [0.5, 0.6) is 0 Å². The van der Waals surface area contributed by atoms with Gasteiger partial charge in [-0.3, -0.25) is 0 Å². The van der Waals surface area contributed by atoms with Crippen molar-refractivity contribution in [2.24, 2.45) is 0 Å². The molecule has 5 nitrogen and oxygen atoms in total. The Kier molecular flexibility index (Phi) is 7.43. The summed E-state index contributed by atoms with van der Waals surface area (Å²) < 4.78 is 0. The minimum atomic E-state index is -1.41. The molecule has 0 bridgehead atoms. The molecule has 0 amide bonds. The molecule has 0 unspecified atom stereocenters. The standard InChI is InChI=1S/C15H23NO4/c1-2-6-12(14(19)15(20)13(18)10-17)16-9-11-7-4-3-5-8-11/h2-5,7-8,12-20H,1,6,9-10H2/t12-,13-,14+,15+/m1/s1. The first-order chi connectivity index (χ1) is 9.60. The smallest absolute Gasteiger partial charge is 0.109 e. The zero-order valence-electron chi connectivity index (χ0n) is 11.4. The first kappa shape index (κ1) is 16.8. The molecule has 0 aliphatic heterocycles. The Labute approximate surface area is 119 Å². The molecule has 1 aromatic rings. The van der Waals surface area contributed by atoms with Crippen molar-refractivity contribution in [3.63, 3.8) is 0 Å². The van der Waals surface area contributed by atoms with Gasteiger partial charge in [0.15, 0.2) is 0 Å². The van der Waals surface area contributed by atoms with Gasteiger partial charge in [0.25, 0.3) is 0 Å². The van der Waals surface area contributed by atoms with E-state index in [0.29, 0.717) is 13.0 Å². The first-order valence-corrected chi connectivity index (χ1v) is 6.63. The van der Waals surface area contributed by atoms with E-state index in [1.165, 1.54) is 0 Å². The van der Waals surface area contributed by atoms with Crippen LogP contribution in [0.3, 0.4) is 0 Å². The van der Waals surface area contributed by atoms with Crippen LogP contribution in [0.15, 0.2) is 43.0 Å². The Hall–Kier alpha value is -1.24. The van der Waals surface area contributed by atoms with E-state index in [1.54, 1.807) is 6.08 Å². The maximum absolute atomic E-state index is 10.1. The molecule has 1 aromatic carbocycles. The molecular weight excluding hydrogens is 258 g/mol. The number of aliphatic hydroxyl groups is 4. The lowest BCUT2D eigenvalue weighted by Gasteiger charge is -2.29. The molecule has 0 aliphatic carbocycles. The molecule has 0 fully saturated rings. The van der Waals surface area contributed by atoms with Crippen molar-refractivity contribution >= 4 is 0 Å². The lowest BCUT2D eigenvalue weighted by molar-refractivity contribution is -0.0868. The summed E-state index contributed by atoms with van der Waals surface area (Å²) in [4.78, 5) is 0. The highest BCUT2D eigenvalue weighted by Gasteiger charge is 2.30. The molecule has 0 aromatic heterocycles. The molecule has 5 N–H and O–H groups in total. The minimum Gasteiger partial charge on any atom is -0.394 e. The van der Waals surface area contributed by atoms with E-state index in [1.807, 2.05) is 30.3 Å². The van der Waals surface area contributed by atoms with Crippen molar-refractivity contribution in [2.75, 3.05) is 6.61 Å². The molecule has 0 spiro atoms. The Morgan fingerprint density at radius 1 is 1.10 bits per heavy atom. The van der Waals surface area contributed by atoms with Crippen LogP contribution in [-0.4, -0.2) is 51.4 Å². The van der Waals surface area contributed by atoms with Gasteiger partial charge in [0, 0.05) is 12.6 Å². The second-order valence-corrected chi connectivity index (χ2v) is 4.73. The molecule has 4 atom stereocenters. The Morgan fingerprint density at radius 3 is 2.30 bits per heavy atom. The fraction of sp³-hybridized carbons (Fsp3) is 0.467. The van der Waals surface area contributed by atoms with Gasteiger partial charge in [-0.1, -0.05) is 36.4 Å². The summed E-state index contributed by atoms with van der Waals surface area (Å²) in [6.45, 7) is 3.54. The number of nitrogens with one attached hydrogen (secondary N) is 1. The summed E-state index contributed by atoms with van der Waals surface area (Å²) in [6, 6.07) is 9.19. The molecule has 0 heterocycles. The van der Waals surface area contributed by atoms with Gasteiger partial charge in [-0.15, -0.1) is 6.58 Å². The summed E-state index contributed by atoms with van der Waals surface area (Å²) in [5.41, 5.74) is 1.05. The molecule has 20 heavy (non-hydrogen) atoms. The van der Waals surface area contributed by atoms with E-state index in [0.717, 1.165) is 5.56 Å². The van der Waals surface area contributed by atoms with Gasteiger partial charge in [0.05, 0.1) is 12.7 Å². The van der Waals surface area contributed by atoms with Gasteiger partial charge in [-0.2, -0.15) is 0 Å². The van der Waals surface area contributed by atoms with Crippen molar-refractivity contribution in [3.05, 3.63) is 48.6 Å². The van der Waals surface area contributed by atoms with E-state index >= 15 is 0 Å². The highest BCUT2D eigenvalue weighted by molar-refractivity contribution is 5.14. The SMILES string of the molecule is C=CC[C@@H](NCc1ccccc1)[C@H](O)[C@@H](O)[C@H](O)CO. The van der Waals surface area contributed by atoms with E-state index in [-0.39, 0.29) is 0 Å². The largest absolute Gasteiger partial charge is 0.394 e. The number of aliphatic hydroxyl groups excluding tert-OH is 4. The number of rotatable bonds is 9. The van der Waals surface area contributed by atoms with Crippen LogP contribution in [0, 0.1) is 0 Å². The van der Waals surface area contributed by atoms with Crippen molar-refractivity contribution in [2.45, 2.75) is 37.3 Å². The number of benzene rings is 1. The Bertz CT molecular complexity index is 385. The lowest BCUT2D eigenvalue weighted by atomic mass is 9.98. The quantitative estimate of drug-likeness (QED) is 0.404. The first-order valence-electron chi connectivity index (χ1n) is 6.63. The van der Waals surface area contributed by atoms with E-state index < -0.39 is 31.0 Å². The Morgan fingerprint density at radius 2 is 1.75 bits per heavy atom. The summed E-state index contributed by atoms with van der Waals surface area (Å²) in [5, 5.41) is 41.1. The third-order valence-electron chi connectivity index (χ3n) is 3.18. The van der Waals surface area contributed by atoms with Crippen molar-refractivity contribution < 1.29 is 20.4 Å². The maximum atomic E-state index is 10.1. The average molecular weight is 281 g/mol. The van der Waals surface area contributed by atoms with Crippen LogP contribution in [0.25, 0.3) is 0 Å². The molecule has 112 valence electrons. The third-order valence-corrected chi connectivity index (χ3v) is 3.18. The van der Waals surface area contributed by atoms with Crippen LogP contribution >= 0.6 is 0 Å². The molecule has 1 rings (SSSR count). The Balaban J connectivity index is 2.61. The summed E-state index contributed by atoms with van der Waals surface area (Å²) in [6.07, 6.45) is -1.91. The van der Waals surface area contributed by atoms with Crippen LogP contribution in [0.4, 0.5) is 0 Å². The molecule has 0 aliphatic rings. The van der Waals surface area contributed by atoms with Crippen LogP contribution < -0.4 is 5.32 Å². The van der Waals surface area contributed by atoms with Crippen molar-refractivity contribution in [3.8, 4) is 0 Å². The van der Waals surface area contributed by atoms with Gasteiger partial charge < -0.3 is 25.7 Å². The number of hydrogen-bond donors (Lipinski definition) is 5. The lowest BCUT2D eigenvalue weighted by Crippen LogP contribution is -2.50. The normalized spacial score (nSPS) is 17.2. The highest BCUT2D eigenvalue weighted by atomic mass is 16.4. The van der Waals surface area contributed by atoms with E-state index in [9.17, 15) is 15.3 Å². The fourth-order valence-electron chi connectivity index (χ4n) is 1.94. The number of hydrogen-bond acceptors (Lipinski definition) is 5. The van der Waals surface area contributed by atoms with Crippen LogP contribution in [-0.2, 0) is 6.54 Å². The predicted molar refractivity (Wildman–Crippen MR) is 77.0 cm³/mol. The van der Waals surface area contributed by atoms with E-state index in [4.69, 9.17) is 5.11 Å². The summed E-state index contributed by atoms with van der Waals surface area (Å²) >= 11 is 0.